The van der Waals surface area contributed by atoms with Crippen molar-refractivity contribution in [1.29, 1.82) is 0 Å². The van der Waals surface area contributed by atoms with Crippen molar-refractivity contribution in [1.82, 2.24) is 25.0 Å². The molecule has 0 unspecified atom stereocenters. The Morgan fingerprint density at radius 1 is 1.46 bits per heavy atom. The van der Waals surface area contributed by atoms with Crippen LogP contribution < -0.4 is 5.32 Å². The van der Waals surface area contributed by atoms with Crippen LogP contribution in [0.3, 0.4) is 0 Å². The van der Waals surface area contributed by atoms with Gasteiger partial charge in [-0.3, -0.25) is 14.4 Å². The summed E-state index contributed by atoms with van der Waals surface area (Å²) in [5.74, 6) is 0.277. The number of carbonyl (C=O) groups excluding carboxylic acids is 1. The molecule has 1 aliphatic heterocycles. The van der Waals surface area contributed by atoms with E-state index in [-0.39, 0.29) is 5.91 Å². The van der Waals surface area contributed by atoms with Gasteiger partial charge in [-0.05, 0) is 5.92 Å². The number of hydrogen-bond acceptors (Lipinski definition) is 6. The molecule has 0 radical (unpaired) electrons. The molecule has 7 nitrogen and oxygen atoms in total. The summed E-state index contributed by atoms with van der Waals surface area (Å²) in [6, 6.07) is 0. The Morgan fingerprint density at radius 3 is 2.96 bits per heavy atom. The predicted octanol–water partition coefficient (Wildman–Crippen LogP) is 1.24. The molecule has 1 saturated heterocycles. The zero-order valence-corrected chi connectivity index (χ0v) is 14.9. The van der Waals surface area contributed by atoms with Gasteiger partial charge in [-0.25, -0.2) is 4.98 Å². The summed E-state index contributed by atoms with van der Waals surface area (Å²) in [6.07, 6.45) is 3.65. The van der Waals surface area contributed by atoms with Gasteiger partial charge in [0.15, 0.2) is 0 Å². The second-order valence-corrected chi connectivity index (χ2v) is 7.03. The Kier molecular flexibility index (Phi) is 5.60. The van der Waals surface area contributed by atoms with E-state index in [1.807, 2.05) is 13.2 Å². The third-order valence-electron chi connectivity index (χ3n) is 3.97. The molecule has 1 amide bonds. The molecule has 0 saturated carbocycles. The van der Waals surface area contributed by atoms with Gasteiger partial charge < -0.3 is 10.1 Å². The van der Waals surface area contributed by atoms with Crippen LogP contribution in [0.2, 0.25) is 0 Å². The lowest BCUT2D eigenvalue weighted by Gasteiger charge is -2.29. The van der Waals surface area contributed by atoms with Crippen molar-refractivity contribution in [2.24, 2.45) is 13.0 Å². The first-order chi connectivity index (χ1) is 11.6. The zero-order chi connectivity index (χ0) is 16.9. The van der Waals surface area contributed by atoms with Crippen LogP contribution in [-0.2, 0) is 11.8 Å². The van der Waals surface area contributed by atoms with Crippen molar-refractivity contribution in [3.63, 3.8) is 0 Å². The van der Waals surface area contributed by atoms with E-state index in [1.54, 1.807) is 16.3 Å². The molecule has 3 heterocycles. The van der Waals surface area contributed by atoms with Crippen molar-refractivity contribution < 1.29 is 9.53 Å². The molecule has 1 fully saturated rings. The Hall–Kier alpha value is -1.77. The highest BCUT2D eigenvalue weighted by atomic mass is 32.1. The van der Waals surface area contributed by atoms with Gasteiger partial charge in [0.2, 0.25) is 0 Å². The second-order valence-electron chi connectivity index (χ2n) is 6.17. The molecule has 0 bridgehead atoms. The highest BCUT2D eigenvalue weighted by Crippen LogP contribution is 2.22. The van der Waals surface area contributed by atoms with E-state index in [2.05, 4.69) is 27.2 Å². The number of thiazole rings is 1. The molecule has 3 rings (SSSR count). The molecule has 1 aliphatic rings. The average molecular weight is 349 g/mol. The fourth-order valence-corrected chi connectivity index (χ4v) is 3.46. The number of ether oxygens (including phenoxy) is 1. The number of hydrogen-bond donors (Lipinski definition) is 1. The number of rotatable bonds is 6. The fourth-order valence-electron chi connectivity index (χ4n) is 2.69. The van der Waals surface area contributed by atoms with Crippen molar-refractivity contribution in [2.75, 3.05) is 39.4 Å². The molecule has 8 heteroatoms. The highest BCUT2D eigenvalue weighted by molar-refractivity contribution is 7.13. The van der Waals surface area contributed by atoms with Gasteiger partial charge in [0.1, 0.15) is 10.7 Å². The van der Waals surface area contributed by atoms with Gasteiger partial charge in [-0.2, -0.15) is 5.10 Å². The number of aromatic nitrogens is 3. The topological polar surface area (TPSA) is 72.3 Å². The molecule has 130 valence electrons. The Balaban J connectivity index is 1.49. The maximum Gasteiger partial charge on any atom is 0.270 e. The zero-order valence-electron chi connectivity index (χ0n) is 14.1. The van der Waals surface area contributed by atoms with E-state index in [9.17, 15) is 4.79 Å². The molecule has 2 aromatic rings. The number of morpholine rings is 1. The van der Waals surface area contributed by atoms with E-state index in [1.165, 1.54) is 11.3 Å². The van der Waals surface area contributed by atoms with Crippen molar-refractivity contribution >= 4 is 17.2 Å². The van der Waals surface area contributed by atoms with Crippen LogP contribution in [0.1, 0.15) is 17.4 Å². The first kappa shape index (κ1) is 17.1. The predicted molar refractivity (Wildman–Crippen MR) is 93.1 cm³/mol. The first-order valence-corrected chi connectivity index (χ1v) is 9.02. The van der Waals surface area contributed by atoms with Crippen molar-refractivity contribution in [2.45, 2.75) is 6.92 Å². The van der Waals surface area contributed by atoms with Crippen LogP contribution in [0.15, 0.2) is 17.8 Å². The molecule has 1 N–H and O–H groups in total. The van der Waals surface area contributed by atoms with Crippen LogP contribution in [-0.4, -0.2) is 65.0 Å². The highest BCUT2D eigenvalue weighted by Gasteiger charge is 2.16. The molecular formula is C16H23N5O2S. The third-order valence-corrected chi connectivity index (χ3v) is 4.86. The minimum Gasteiger partial charge on any atom is -0.379 e. The molecule has 0 aromatic carbocycles. The fraction of sp³-hybridized carbons (Fsp3) is 0.562. The maximum absolute atomic E-state index is 12.3. The van der Waals surface area contributed by atoms with Gasteiger partial charge in [0.05, 0.1) is 19.4 Å². The molecular weight excluding hydrogens is 326 g/mol. The summed E-state index contributed by atoms with van der Waals surface area (Å²) in [5.41, 5.74) is 1.40. The monoisotopic (exact) mass is 349 g/mol. The lowest BCUT2D eigenvalue weighted by Crippen LogP contribution is -2.41. The number of nitrogens with zero attached hydrogens (tertiary/aromatic N) is 4. The summed E-state index contributed by atoms with van der Waals surface area (Å²) in [6.45, 7) is 7.32. The van der Waals surface area contributed by atoms with Gasteiger partial charge in [-0.15, -0.1) is 11.3 Å². The minimum atomic E-state index is -0.116. The average Bonchev–Trinajstić information content (AvgIpc) is 3.22. The maximum atomic E-state index is 12.3. The van der Waals surface area contributed by atoms with Crippen LogP contribution in [0, 0.1) is 5.92 Å². The van der Waals surface area contributed by atoms with Crippen LogP contribution in [0.25, 0.3) is 10.6 Å². The van der Waals surface area contributed by atoms with Crippen LogP contribution in [0.4, 0.5) is 0 Å². The standard InChI is InChI=1S/C16H23N5O2S/c1-12(9-21-3-5-23-6-4-21)7-17-15(22)14-11-24-16(19-14)13-8-18-20(2)10-13/h8,10-12H,3-7,9H2,1-2H3,(H,17,22)/t12-/m0/s1. The van der Waals surface area contributed by atoms with Gasteiger partial charge in [0.25, 0.3) is 5.91 Å². The summed E-state index contributed by atoms with van der Waals surface area (Å²) in [4.78, 5) is 19.1. The molecule has 0 spiro atoms. The normalized spacial score (nSPS) is 16.9. The quantitative estimate of drug-likeness (QED) is 0.850. The van der Waals surface area contributed by atoms with E-state index < -0.39 is 0 Å². The summed E-state index contributed by atoms with van der Waals surface area (Å²) < 4.78 is 7.08. The Labute approximate surface area is 145 Å². The summed E-state index contributed by atoms with van der Waals surface area (Å²) in [7, 11) is 1.86. The number of amides is 1. The Bertz CT molecular complexity index is 678. The van der Waals surface area contributed by atoms with E-state index in [0.717, 1.165) is 43.4 Å². The minimum absolute atomic E-state index is 0.116. The Morgan fingerprint density at radius 2 is 2.25 bits per heavy atom. The van der Waals surface area contributed by atoms with Crippen LogP contribution >= 0.6 is 11.3 Å². The molecule has 1 atom stereocenters. The third kappa shape index (κ3) is 4.40. The van der Waals surface area contributed by atoms with Crippen molar-refractivity contribution in [3.8, 4) is 10.6 Å². The van der Waals surface area contributed by atoms with Crippen LogP contribution in [0.5, 0.6) is 0 Å². The first-order valence-electron chi connectivity index (χ1n) is 8.14. The van der Waals surface area contributed by atoms with Gasteiger partial charge in [0, 0.05) is 50.4 Å². The smallest absolute Gasteiger partial charge is 0.270 e. The second kappa shape index (κ2) is 7.87. The van der Waals surface area contributed by atoms with Crippen molar-refractivity contribution in [3.05, 3.63) is 23.5 Å². The summed E-state index contributed by atoms with van der Waals surface area (Å²) >= 11 is 1.46. The molecule has 0 aliphatic carbocycles. The summed E-state index contributed by atoms with van der Waals surface area (Å²) in [5, 5.41) is 9.73. The lowest BCUT2D eigenvalue weighted by molar-refractivity contribution is 0.0317. The lowest BCUT2D eigenvalue weighted by atomic mass is 10.1. The van der Waals surface area contributed by atoms with Gasteiger partial charge >= 0.3 is 0 Å². The molecule has 2 aromatic heterocycles. The van der Waals surface area contributed by atoms with E-state index >= 15 is 0 Å². The van der Waals surface area contributed by atoms with E-state index in [4.69, 9.17) is 4.74 Å². The number of nitrogens with one attached hydrogen (secondary N) is 1. The SMILES string of the molecule is C[C@@H](CNC(=O)c1csc(-c2cnn(C)c2)n1)CN1CCOCC1. The molecule has 24 heavy (non-hydrogen) atoms. The van der Waals surface area contributed by atoms with Gasteiger partial charge in [-0.1, -0.05) is 6.92 Å². The number of aryl methyl sites for hydroxylation is 1. The largest absolute Gasteiger partial charge is 0.379 e. The number of carbonyl (C=O) groups is 1. The van der Waals surface area contributed by atoms with E-state index in [0.29, 0.717) is 18.2 Å².